The van der Waals surface area contributed by atoms with Crippen molar-refractivity contribution in [3.63, 3.8) is 0 Å². The van der Waals surface area contributed by atoms with Crippen LogP contribution in [0.25, 0.3) is 38.1 Å². The summed E-state index contributed by atoms with van der Waals surface area (Å²) in [6.45, 7) is 6.16. The molecule has 28 heavy (non-hydrogen) atoms. The van der Waals surface area contributed by atoms with E-state index in [4.69, 9.17) is 14.3 Å². The number of hydrogen-bond donors (Lipinski definition) is 0. The summed E-state index contributed by atoms with van der Waals surface area (Å²) in [4.78, 5) is 0.710. The van der Waals surface area contributed by atoms with E-state index in [1.807, 2.05) is 55.5 Å². The highest BCUT2D eigenvalue weighted by atomic mass is 32.1. The average molecular weight is 388 g/mol. The van der Waals surface area contributed by atoms with E-state index in [1.54, 1.807) is 10.6 Å². The van der Waals surface area contributed by atoms with Crippen molar-refractivity contribution in [2.45, 2.75) is 6.92 Å². The number of nitrogens with zero attached hydrogens (tertiary/aromatic N) is 4. The smallest absolute Gasteiger partial charge is 0.235 e. The minimum atomic E-state index is 0.462. The highest BCUT2D eigenvalue weighted by Gasteiger charge is 2.20. The van der Waals surface area contributed by atoms with Gasteiger partial charge in [0, 0.05) is 16.5 Å². The van der Waals surface area contributed by atoms with Crippen LogP contribution in [0.15, 0.2) is 65.6 Å². The molecule has 0 aliphatic carbocycles. The van der Waals surface area contributed by atoms with Crippen LogP contribution in [-0.4, -0.2) is 26.4 Å². The molecular weight excluding hydrogens is 372 g/mol. The van der Waals surface area contributed by atoms with Crippen LogP contribution in [-0.2, 0) is 0 Å². The quantitative estimate of drug-likeness (QED) is 0.390. The van der Waals surface area contributed by atoms with Gasteiger partial charge in [0.2, 0.25) is 10.8 Å². The zero-order chi connectivity index (χ0) is 19.1. The van der Waals surface area contributed by atoms with Gasteiger partial charge in [-0.3, -0.25) is 0 Å². The molecule has 0 aliphatic rings. The van der Waals surface area contributed by atoms with E-state index in [-0.39, 0.29) is 0 Å². The lowest BCUT2D eigenvalue weighted by Gasteiger charge is -2.03. The standard InChI is InChI=1S/C21H16N4O2S/c1-3-11-26-15-8-6-7-14(12-15)20-24-25-19(22-23-21(25)28-20)18-13(2)16-9-4-5-10-17(16)27-18/h3-10,12H,1,11H2,2H3. The van der Waals surface area contributed by atoms with Crippen molar-refractivity contribution >= 4 is 27.3 Å². The molecule has 0 unspecified atom stereocenters. The number of rotatable bonds is 5. The van der Waals surface area contributed by atoms with Crippen LogP contribution in [0.2, 0.25) is 0 Å². The van der Waals surface area contributed by atoms with Crippen LogP contribution >= 0.6 is 11.3 Å². The second-order valence-electron chi connectivity index (χ2n) is 6.31. The molecule has 0 spiro atoms. The topological polar surface area (TPSA) is 65.5 Å². The fourth-order valence-electron chi connectivity index (χ4n) is 3.14. The summed E-state index contributed by atoms with van der Waals surface area (Å²) < 4.78 is 13.4. The van der Waals surface area contributed by atoms with E-state index in [0.717, 1.165) is 32.9 Å². The molecular formula is C21H16N4O2S. The molecule has 3 heterocycles. The molecule has 0 saturated carbocycles. The first kappa shape index (κ1) is 16.7. The first-order valence-electron chi connectivity index (χ1n) is 8.79. The van der Waals surface area contributed by atoms with Gasteiger partial charge in [-0.15, -0.1) is 10.2 Å². The third kappa shape index (κ3) is 2.68. The van der Waals surface area contributed by atoms with E-state index < -0.39 is 0 Å². The number of fused-ring (bicyclic) bond motifs is 2. The average Bonchev–Trinajstić information content (AvgIpc) is 3.40. The molecule has 3 aromatic heterocycles. The minimum absolute atomic E-state index is 0.462. The van der Waals surface area contributed by atoms with Crippen LogP contribution in [0.4, 0.5) is 0 Å². The number of aromatic nitrogens is 4. The fourth-order valence-corrected chi connectivity index (χ4v) is 3.97. The van der Waals surface area contributed by atoms with Gasteiger partial charge in [-0.1, -0.05) is 54.3 Å². The molecule has 5 rings (SSSR count). The van der Waals surface area contributed by atoms with Gasteiger partial charge in [-0.2, -0.15) is 9.61 Å². The Bertz CT molecular complexity index is 1310. The van der Waals surface area contributed by atoms with E-state index in [9.17, 15) is 0 Å². The molecule has 0 atom stereocenters. The molecule has 5 aromatic rings. The van der Waals surface area contributed by atoms with E-state index >= 15 is 0 Å². The Balaban J connectivity index is 1.59. The minimum Gasteiger partial charge on any atom is -0.490 e. The van der Waals surface area contributed by atoms with Gasteiger partial charge < -0.3 is 9.15 Å². The first-order chi connectivity index (χ1) is 13.7. The summed E-state index contributed by atoms with van der Waals surface area (Å²) in [5, 5.41) is 15.2. The van der Waals surface area contributed by atoms with E-state index in [0.29, 0.717) is 23.2 Å². The second kappa shape index (κ2) is 6.61. The maximum atomic E-state index is 6.04. The number of para-hydroxylation sites is 1. The van der Waals surface area contributed by atoms with Gasteiger partial charge >= 0.3 is 0 Å². The number of aryl methyl sites for hydroxylation is 1. The number of benzene rings is 2. The van der Waals surface area contributed by atoms with Gasteiger partial charge in [-0.25, -0.2) is 0 Å². The Kier molecular flexibility index (Phi) is 3.95. The molecule has 0 aliphatic heterocycles. The molecule has 7 heteroatoms. The van der Waals surface area contributed by atoms with Gasteiger partial charge in [-0.05, 0) is 25.1 Å². The summed E-state index contributed by atoms with van der Waals surface area (Å²) >= 11 is 1.47. The molecule has 2 aromatic carbocycles. The van der Waals surface area contributed by atoms with Crippen LogP contribution in [0.1, 0.15) is 5.56 Å². The zero-order valence-corrected chi connectivity index (χ0v) is 15.9. The van der Waals surface area contributed by atoms with Crippen molar-refractivity contribution < 1.29 is 9.15 Å². The van der Waals surface area contributed by atoms with Crippen molar-refractivity contribution in [1.29, 1.82) is 0 Å². The lowest BCUT2D eigenvalue weighted by Crippen LogP contribution is -1.93. The Morgan fingerprint density at radius 1 is 1.18 bits per heavy atom. The molecule has 6 nitrogen and oxygen atoms in total. The number of hydrogen-bond acceptors (Lipinski definition) is 6. The Hall–Kier alpha value is -3.45. The van der Waals surface area contributed by atoms with Gasteiger partial charge in [0.15, 0.2) is 5.76 Å². The van der Waals surface area contributed by atoms with Crippen molar-refractivity contribution in [3.8, 4) is 27.9 Å². The largest absolute Gasteiger partial charge is 0.490 e. The van der Waals surface area contributed by atoms with Crippen LogP contribution in [0.5, 0.6) is 5.75 Å². The monoisotopic (exact) mass is 388 g/mol. The third-order valence-corrected chi connectivity index (χ3v) is 5.43. The van der Waals surface area contributed by atoms with Gasteiger partial charge in [0.1, 0.15) is 22.9 Å². The molecule has 0 bridgehead atoms. The Morgan fingerprint density at radius 3 is 2.93 bits per heavy atom. The van der Waals surface area contributed by atoms with Crippen LogP contribution in [0.3, 0.4) is 0 Å². The molecule has 0 fully saturated rings. The van der Waals surface area contributed by atoms with Crippen molar-refractivity contribution in [3.05, 3.63) is 66.7 Å². The lowest BCUT2D eigenvalue weighted by atomic mass is 10.1. The van der Waals surface area contributed by atoms with Crippen LogP contribution in [0, 0.1) is 6.92 Å². The first-order valence-corrected chi connectivity index (χ1v) is 9.61. The van der Waals surface area contributed by atoms with Gasteiger partial charge in [0.05, 0.1) is 0 Å². The van der Waals surface area contributed by atoms with Crippen molar-refractivity contribution in [2.75, 3.05) is 6.61 Å². The summed E-state index contributed by atoms with van der Waals surface area (Å²) in [6, 6.07) is 15.8. The highest BCUT2D eigenvalue weighted by Crippen LogP contribution is 2.34. The molecule has 0 amide bonds. The molecule has 0 radical (unpaired) electrons. The number of furan rings is 1. The van der Waals surface area contributed by atoms with E-state index in [1.165, 1.54) is 11.3 Å². The zero-order valence-electron chi connectivity index (χ0n) is 15.1. The predicted molar refractivity (Wildman–Crippen MR) is 110 cm³/mol. The van der Waals surface area contributed by atoms with E-state index in [2.05, 4.69) is 16.8 Å². The second-order valence-corrected chi connectivity index (χ2v) is 7.26. The Morgan fingerprint density at radius 2 is 2.07 bits per heavy atom. The summed E-state index contributed by atoms with van der Waals surface area (Å²) in [6.07, 6.45) is 1.72. The van der Waals surface area contributed by atoms with Crippen molar-refractivity contribution in [1.82, 2.24) is 19.8 Å². The molecule has 0 N–H and O–H groups in total. The molecule has 138 valence electrons. The Labute approximate surface area is 164 Å². The van der Waals surface area contributed by atoms with Crippen molar-refractivity contribution in [2.24, 2.45) is 0 Å². The van der Waals surface area contributed by atoms with Crippen LogP contribution < -0.4 is 4.74 Å². The highest BCUT2D eigenvalue weighted by molar-refractivity contribution is 7.19. The SMILES string of the molecule is C=CCOc1cccc(-c2nn3c(-c4oc5ccccc5c4C)nnc3s2)c1. The third-order valence-electron chi connectivity index (χ3n) is 4.49. The number of ether oxygens (including phenoxy) is 1. The summed E-state index contributed by atoms with van der Waals surface area (Å²) in [7, 11) is 0. The fraction of sp³-hybridized carbons (Fsp3) is 0.0952. The van der Waals surface area contributed by atoms with Gasteiger partial charge in [0.25, 0.3) is 0 Å². The maximum absolute atomic E-state index is 6.04. The summed E-state index contributed by atoms with van der Waals surface area (Å²) in [5.74, 6) is 2.07. The summed E-state index contributed by atoms with van der Waals surface area (Å²) in [5.41, 5.74) is 2.82. The predicted octanol–water partition coefficient (Wildman–Crippen LogP) is 5.14. The molecule has 0 saturated heterocycles. The maximum Gasteiger partial charge on any atom is 0.235 e. The normalized spacial score (nSPS) is 11.3. The lowest BCUT2D eigenvalue weighted by molar-refractivity contribution is 0.363.